The summed E-state index contributed by atoms with van der Waals surface area (Å²) in [6, 6.07) is 0.256. The Hall–Kier alpha value is -1.14. The van der Waals surface area contributed by atoms with Gasteiger partial charge in [-0.2, -0.15) is 0 Å². The highest BCUT2D eigenvalue weighted by Crippen LogP contribution is 2.14. The average Bonchev–Trinajstić information content (AvgIpc) is 2.41. The molecule has 2 saturated heterocycles. The van der Waals surface area contributed by atoms with E-state index in [1.54, 1.807) is 0 Å². The maximum Gasteiger partial charge on any atom is 0.231 e. The number of carbonyl (C=O) groups excluding carboxylic acids is 2. The number of primary amides is 1. The predicted octanol–water partition coefficient (Wildman–Crippen LogP) is -0.948. The molecule has 19 heavy (non-hydrogen) atoms. The molecule has 0 atom stereocenters. The number of nitrogens with zero attached hydrogens (tertiary/aromatic N) is 1. The van der Waals surface area contributed by atoms with E-state index in [4.69, 9.17) is 5.73 Å². The van der Waals surface area contributed by atoms with E-state index in [-0.39, 0.29) is 23.8 Å². The number of piperidine rings is 2. The van der Waals surface area contributed by atoms with Crippen LogP contribution >= 0.6 is 0 Å². The van der Waals surface area contributed by atoms with Crippen molar-refractivity contribution in [3.8, 4) is 0 Å². The number of nitrogens with two attached hydrogens (primary N) is 1. The van der Waals surface area contributed by atoms with Crippen LogP contribution in [0.2, 0.25) is 0 Å². The molecule has 0 radical (unpaired) electrons. The van der Waals surface area contributed by atoms with Crippen LogP contribution in [0.15, 0.2) is 0 Å². The van der Waals surface area contributed by atoms with Gasteiger partial charge in [-0.3, -0.25) is 14.5 Å². The lowest BCUT2D eigenvalue weighted by molar-refractivity contribution is -0.127. The molecule has 6 heteroatoms. The third-order valence-corrected chi connectivity index (χ3v) is 4.02. The second-order valence-electron chi connectivity index (χ2n) is 5.55. The smallest absolute Gasteiger partial charge is 0.231 e. The molecule has 4 N–H and O–H groups in total. The summed E-state index contributed by atoms with van der Waals surface area (Å²) in [5, 5.41) is 6.42. The largest absolute Gasteiger partial charge is 0.369 e. The lowest BCUT2D eigenvalue weighted by atomic mass is 9.96. The fourth-order valence-electron chi connectivity index (χ4n) is 2.86. The van der Waals surface area contributed by atoms with Gasteiger partial charge >= 0.3 is 0 Å². The van der Waals surface area contributed by atoms with Crippen LogP contribution in [-0.2, 0) is 9.59 Å². The minimum absolute atomic E-state index is 0.171. The average molecular weight is 268 g/mol. The van der Waals surface area contributed by atoms with Crippen molar-refractivity contribution in [2.45, 2.75) is 31.7 Å². The Balaban J connectivity index is 1.69. The van der Waals surface area contributed by atoms with Gasteiger partial charge in [-0.05, 0) is 38.8 Å². The van der Waals surface area contributed by atoms with E-state index in [0.29, 0.717) is 6.54 Å². The van der Waals surface area contributed by atoms with E-state index in [1.807, 2.05) is 0 Å². The summed E-state index contributed by atoms with van der Waals surface area (Å²) >= 11 is 0. The van der Waals surface area contributed by atoms with Crippen molar-refractivity contribution < 1.29 is 9.59 Å². The van der Waals surface area contributed by atoms with Gasteiger partial charge in [0.15, 0.2) is 0 Å². The summed E-state index contributed by atoms with van der Waals surface area (Å²) in [6.45, 7) is 3.87. The molecule has 0 saturated carbocycles. The number of likely N-dealkylation sites (tertiary alicyclic amines) is 1. The Kier molecular flexibility index (Phi) is 5.15. The summed E-state index contributed by atoms with van der Waals surface area (Å²) < 4.78 is 0. The van der Waals surface area contributed by atoms with Gasteiger partial charge in [0.05, 0.1) is 6.54 Å². The Morgan fingerprint density at radius 1 is 1.16 bits per heavy atom. The minimum atomic E-state index is -0.280. The molecule has 2 heterocycles. The van der Waals surface area contributed by atoms with Gasteiger partial charge in [0.2, 0.25) is 11.8 Å². The Morgan fingerprint density at radius 3 is 2.37 bits per heavy atom. The first-order valence-corrected chi connectivity index (χ1v) is 7.17. The molecule has 0 aliphatic carbocycles. The fraction of sp³-hybridized carbons (Fsp3) is 0.846. The van der Waals surface area contributed by atoms with Crippen molar-refractivity contribution in [2.24, 2.45) is 11.7 Å². The summed E-state index contributed by atoms with van der Waals surface area (Å²) in [6.07, 6.45) is 3.69. The summed E-state index contributed by atoms with van der Waals surface area (Å²) in [5.74, 6) is 0.0944. The van der Waals surface area contributed by atoms with Gasteiger partial charge in [-0.1, -0.05) is 0 Å². The van der Waals surface area contributed by atoms with E-state index in [9.17, 15) is 9.59 Å². The highest BCUT2D eigenvalue weighted by atomic mass is 16.2. The maximum absolute atomic E-state index is 12.1. The molecule has 2 aliphatic heterocycles. The summed E-state index contributed by atoms with van der Waals surface area (Å²) in [4.78, 5) is 25.0. The number of carbonyl (C=O) groups is 2. The molecule has 0 aromatic carbocycles. The predicted molar refractivity (Wildman–Crippen MR) is 72.4 cm³/mol. The molecule has 0 spiro atoms. The lowest BCUT2D eigenvalue weighted by Crippen LogP contribution is -2.48. The number of nitrogens with one attached hydrogen (secondary N) is 2. The molecular weight excluding hydrogens is 244 g/mol. The Bertz CT molecular complexity index is 321. The topological polar surface area (TPSA) is 87.5 Å². The Labute approximate surface area is 114 Å². The quantitative estimate of drug-likeness (QED) is 0.613. The number of amides is 2. The third kappa shape index (κ3) is 4.47. The van der Waals surface area contributed by atoms with Crippen LogP contribution in [0.1, 0.15) is 25.7 Å². The van der Waals surface area contributed by atoms with Gasteiger partial charge in [-0.25, -0.2) is 0 Å². The summed E-state index contributed by atoms with van der Waals surface area (Å²) in [7, 11) is 0. The van der Waals surface area contributed by atoms with Crippen molar-refractivity contribution in [1.82, 2.24) is 15.5 Å². The van der Waals surface area contributed by atoms with E-state index in [1.165, 1.54) is 0 Å². The van der Waals surface area contributed by atoms with Crippen LogP contribution in [0.4, 0.5) is 0 Å². The highest BCUT2D eigenvalue weighted by molar-refractivity contribution is 5.79. The first-order valence-electron chi connectivity index (χ1n) is 7.17. The van der Waals surface area contributed by atoms with Crippen molar-refractivity contribution >= 4 is 11.8 Å². The molecule has 6 nitrogen and oxygen atoms in total. The van der Waals surface area contributed by atoms with Gasteiger partial charge in [-0.15, -0.1) is 0 Å². The van der Waals surface area contributed by atoms with E-state index in [2.05, 4.69) is 15.5 Å². The van der Waals surface area contributed by atoms with Gasteiger partial charge < -0.3 is 16.4 Å². The molecule has 2 rings (SSSR count). The van der Waals surface area contributed by atoms with E-state index >= 15 is 0 Å². The Morgan fingerprint density at radius 2 is 1.79 bits per heavy atom. The molecule has 0 aromatic heterocycles. The monoisotopic (exact) mass is 268 g/mol. The highest BCUT2D eigenvalue weighted by Gasteiger charge is 2.25. The molecule has 0 bridgehead atoms. The van der Waals surface area contributed by atoms with Gasteiger partial charge in [0.1, 0.15) is 0 Å². The second kappa shape index (κ2) is 6.86. The molecule has 2 aliphatic rings. The first-order chi connectivity index (χ1) is 9.15. The molecule has 2 amide bonds. The molecule has 0 aromatic rings. The van der Waals surface area contributed by atoms with Gasteiger partial charge in [0, 0.05) is 25.0 Å². The van der Waals surface area contributed by atoms with E-state index in [0.717, 1.165) is 51.9 Å². The minimum Gasteiger partial charge on any atom is -0.369 e. The zero-order chi connectivity index (χ0) is 13.7. The molecule has 0 unspecified atom stereocenters. The molecule has 2 fully saturated rings. The van der Waals surface area contributed by atoms with Crippen LogP contribution < -0.4 is 16.4 Å². The van der Waals surface area contributed by atoms with Gasteiger partial charge in [0.25, 0.3) is 0 Å². The normalized spacial score (nSPS) is 23.2. The zero-order valence-electron chi connectivity index (χ0n) is 11.4. The van der Waals surface area contributed by atoms with Crippen molar-refractivity contribution in [2.75, 3.05) is 32.7 Å². The second-order valence-corrected chi connectivity index (χ2v) is 5.55. The number of hydrogen-bond acceptors (Lipinski definition) is 4. The maximum atomic E-state index is 12.1. The standard InChI is InChI=1S/C13H24N4O2/c14-12(18)9-17-7-3-11(4-8-17)16-13(19)10-1-5-15-6-2-10/h10-11,15H,1-9H2,(H2,14,18)(H,16,19). The van der Waals surface area contributed by atoms with E-state index < -0.39 is 0 Å². The van der Waals surface area contributed by atoms with Crippen LogP contribution in [0, 0.1) is 5.92 Å². The third-order valence-electron chi connectivity index (χ3n) is 4.02. The fourth-order valence-corrected chi connectivity index (χ4v) is 2.86. The van der Waals surface area contributed by atoms with Crippen molar-refractivity contribution in [3.63, 3.8) is 0 Å². The number of rotatable bonds is 4. The zero-order valence-corrected chi connectivity index (χ0v) is 11.4. The number of hydrogen-bond donors (Lipinski definition) is 3. The molecule has 108 valence electrons. The van der Waals surface area contributed by atoms with Crippen LogP contribution in [-0.4, -0.2) is 55.5 Å². The lowest BCUT2D eigenvalue weighted by Gasteiger charge is -2.32. The van der Waals surface area contributed by atoms with Crippen LogP contribution in [0.3, 0.4) is 0 Å². The van der Waals surface area contributed by atoms with Crippen LogP contribution in [0.25, 0.3) is 0 Å². The van der Waals surface area contributed by atoms with Crippen LogP contribution in [0.5, 0.6) is 0 Å². The molecular formula is C13H24N4O2. The van der Waals surface area contributed by atoms with Crippen molar-refractivity contribution in [3.05, 3.63) is 0 Å². The summed E-state index contributed by atoms with van der Waals surface area (Å²) in [5.41, 5.74) is 5.18. The SMILES string of the molecule is NC(=O)CN1CCC(NC(=O)C2CCNCC2)CC1. The first kappa shape index (κ1) is 14.3. The van der Waals surface area contributed by atoms with Crippen molar-refractivity contribution in [1.29, 1.82) is 0 Å².